The maximum Gasteiger partial charge on any atom is 0.150 e. The second kappa shape index (κ2) is 3.73. The predicted octanol–water partition coefficient (Wildman–Crippen LogP) is 2.49. The van der Waals surface area contributed by atoms with Gasteiger partial charge in [-0.15, -0.1) is 24.0 Å². The van der Waals surface area contributed by atoms with Crippen molar-refractivity contribution in [2.75, 3.05) is 0 Å². The van der Waals surface area contributed by atoms with E-state index in [1.165, 1.54) is 11.3 Å². The average Bonchev–Trinajstić information content (AvgIpc) is 2.60. The first-order valence-electron chi connectivity index (χ1n) is 4.06. The number of hydrogen-bond acceptors (Lipinski definition) is 4. The predicted molar refractivity (Wildman–Crippen MR) is 60.4 cm³/mol. The van der Waals surface area contributed by atoms with Crippen molar-refractivity contribution in [3.63, 3.8) is 0 Å². The maximum absolute atomic E-state index is 10.8. The molecule has 1 aromatic heterocycles. The zero-order valence-electron chi connectivity index (χ0n) is 7.23. The van der Waals surface area contributed by atoms with Gasteiger partial charge in [0, 0.05) is 25.9 Å². The second-order valence-electron chi connectivity index (χ2n) is 2.91. The van der Waals surface area contributed by atoms with Crippen LogP contribution in [0.15, 0.2) is 22.4 Å². The summed E-state index contributed by atoms with van der Waals surface area (Å²) in [6, 6.07) is 3.49. The SMILES string of the molecule is O=Cc1ccc(CO)c2scc(S)c12. The van der Waals surface area contributed by atoms with Crippen molar-refractivity contribution in [2.45, 2.75) is 11.5 Å². The van der Waals surface area contributed by atoms with Crippen LogP contribution >= 0.6 is 24.0 Å². The molecule has 1 N–H and O–H groups in total. The summed E-state index contributed by atoms with van der Waals surface area (Å²) >= 11 is 5.78. The zero-order chi connectivity index (χ0) is 10.1. The van der Waals surface area contributed by atoms with Crippen molar-refractivity contribution < 1.29 is 9.90 Å². The van der Waals surface area contributed by atoms with E-state index >= 15 is 0 Å². The molecule has 2 aromatic rings. The molecule has 14 heavy (non-hydrogen) atoms. The highest BCUT2D eigenvalue weighted by Crippen LogP contribution is 2.33. The van der Waals surface area contributed by atoms with Crippen LogP contribution in [0.1, 0.15) is 15.9 Å². The Hall–Kier alpha value is -0.840. The average molecular weight is 224 g/mol. The van der Waals surface area contributed by atoms with E-state index < -0.39 is 0 Å². The molecule has 1 heterocycles. The van der Waals surface area contributed by atoms with Crippen LogP contribution in [0, 0.1) is 0 Å². The Morgan fingerprint density at radius 1 is 1.50 bits per heavy atom. The molecule has 2 rings (SSSR count). The number of aliphatic hydroxyl groups excluding tert-OH is 1. The highest BCUT2D eigenvalue weighted by atomic mass is 32.1. The van der Waals surface area contributed by atoms with Gasteiger partial charge >= 0.3 is 0 Å². The second-order valence-corrected chi connectivity index (χ2v) is 4.28. The van der Waals surface area contributed by atoms with E-state index in [1.807, 2.05) is 5.38 Å². The smallest absolute Gasteiger partial charge is 0.150 e. The van der Waals surface area contributed by atoms with E-state index in [1.54, 1.807) is 12.1 Å². The highest BCUT2D eigenvalue weighted by molar-refractivity contribution is 7.80. The summed E-state index contributed by atoms with van der Waals surface area (Å²) in [5, 5.41) is 11.8. The lowest BCUT2D eigenvalue weighted by molar-refractivity contribution is 0.112. The molecule has 72 valence electrons. The normalized spacial score (nSPS) is 10.7. The molecule has 2 nitrogen and oxygen atoms in total. The Balaban J connectivity index is 2.87. The molecule has 1 aromatic carbocycles. The van der Waals surface area contributed by atoms with Gasteiger partial charge in [-0.2, -0.15) is 0 Å². The molecule has 0 amide bonds. The molecule has 0 unspecified atom stereocenters. The van der Waals surface area contributed by atoms with E-state index in [0.717, 1.165) is 26.8 Å². The van der Waals surface area contributed by atoms with Gasteiger partial charge in [-0.3, -0.25) is 4.79 Å². The Morgan fingerprint density at radius 2 is 2.29 bits per heavy atom. The third kappa shape index (κ3) is 1.35. The van der Waals surface area contributed by atoms with Crippen molar-refractivity contribution in [2.24, 2.45) is 0 Å². The largest absolute Gasteiger partial charge is 0.392 e. The van der Waals surface area contributed by atoms with E-state index in [9.17, 15) is 4.79 Å². The molecule has 0 saturated carbocycles. The van der Waals surface area contributed by atoms with Crippen LogP contribution in [-0.4, -0.2) is 11.4 Å². The van der Waals surface area contributed by atoms with Crippen LogP contribution in [0.4, 0.5) is 0 Å². The molecule has 0 radical (unpaired) electrons. The van der Waals surface area contributed by atoms with Crippen molar-refractivity contribution in [1.29, 1.82) is 0 Å². The third-order valence-corrected chi connectivity index (χ3v) is 3.70. The van der Waals surface area contributed by atoms with Gasteiger partial charge in [0.2, 0.25) is 0 Å². The Morgan fingerprint density at radius 3 is 2.93 bits per heavy atom. The first-order valence-corrected chi connectivity index (χ1v) is 5.38. The van der Waals surface area contributed by atoms with Gasteiger partial charge in [0.1, 0.15) is 0 Å². The Kier molecular flexibility index (Phi) is 2.58. The summed E-state index contributed by atoms with van der Waals surface area (Å²) in [6.07, 6.45) is 0.815. The van der Waals surface area contributed by atoms with Gasteiger partial charge in [-0.1, -0.05) is 12.1 Å². The molecule has 0 aliphatic carbocycles. The number of thiol groups is 1. The van der Waals surface area contributed by atoms with Crippen LogP contribution in [0.2, 0.25) is 0 Å². The van der Waals surface area contributed by atoms with Crippen LogP contribution in [-0.2, 0) is 6.61 Å². The number of rotatable bonds is 2. The van der Waals surface area contributed by atoms with Crippen molar-refractivity contribution in [3.05, 3.63) is 28.6 Å². The molecule has 0 atom stereocenters. The number of fused-ring (bicyclic) bond motifs is 1. The van der Waals surface area contributed by atoms with E-state index in [4.69, 9.17) is 5.11 Å². The van der Waals surface area contributed by atoms with Crippen LogP contribution in [0.3, 0.4) is 0 Å². The van der Waals surface area contributed by atoms with E-state index in [0.29, 0.717) is 5.56 Å². The minimum absolute atomic E-state index is 0.0105. The molecule has 0 spiro atoms. The molecule has 0 fully saturated rings. The molecule has 0 bridgehead atoms. The van der Waals surface area contributed by atoms with Crippen molar-refractivity contribution in [1.82, 2.24) is 0 Å². The molecular formula is C10H8O2S2. The van der Waals surface area contributed by atoms with Gasteiger partial charge in [-0.25, -0.2) is 0 Å². The van der Waals surface area contributed by atoms with Gasteiger partial charge < -0.3 is 5.11 Å². The molecule has 4 heteroatoms. The summed E-state index contributed by atoms with van der Waals surface area (Å²) in [4.78, 5) is 11.6. The number of aldehydes is 1. The summed E-state index contributed by atoms with van der Waals surface area (Å²) in [6.45, 7) is -0.0105. The fourth-order valence-electron chi connectivity index (χ4n) is 1.44. The Labute approximate surface area is 90.6 Å². The fourth-order valence-corrected chi connectivity index (χ4v) is 2.89. The fraction of sp³-hybridized carbons (Fsp3) is 0.100. The van der Waals surface area contributed by atoms with Crippen LogP contribution < -0.4 is 0 Å². The first-order chi connectivity index (χ1) is 6.77. The summed E-state index contributed by atoms with van der Waals surface area (Å²) in [5.41, 5.74) is 1.47. The summed E-state index contributed by atoms with van der Waals surface area (Å²) < 4.78 is 0.946. The molecular weight excluding hydrogens is 216 g/mol. The van der Waals surface area contributed by atoms with Gasteiger partial charge in [0.25, 0.3) is 0 Å². The van der Waals surface area contributed by atoms with Gasteiger partial charge in [-0.05, 0) is 5.56 Å². The molecule has 0 aliphatic rings. The number of thiophene rings is 1. The van der Waals surface area contributed by atoms with Crippen molar-refractivity contribution >= 4 is 40.3 Å². The van der Waals surface area contributed by atoms with Gasteiger partial charge in [0.15, 0.2) is 6.29 Å². The molecule has 0 saturated heterocycles. The topological polar surface area (TPSA) is 37.3 Å². The number of carbonyl (C=O) groups excluding carboxylic acids is 1. The quantitative estimate of drug-likeness (QED) is 0.607. The summed E-state index contributed by atoms with van der Waals surface area (Å²) in [5.74, 6) is 0. The third-order valence-electron chi connectivity index (χ3n) is 2.11. The van der Waals surface area contributed by atoms with Crippen LogP contribution in [0.25, 0.3) is 10.1 Å². The van der Waals surface area contributed by atoms with Crippen LogP contribution in [0.5, 0.6) is 0 Å². The minimum Gasteiger partial charge on any atom is -0.392 e. The standard InChI is InChI=1S/C10H8O2S2/c11-3-6-1-2-7(4-12)10-9(6)8(13)5-14-10/h1-3,5,12-13H,4H2. The number of hydrogen-bond donors (Lipinski definition) is 2. The first kappa shape index (κ1) is 9.71. The maximum atomic E-state index is 10.8. The van der Waals surface area contributed by atoms with E-state index in [2.05, 4.69) is 12.6 Å². The van der Waals surface area contributed by atoms with Gasteiger partial charge in [0.05, 0.1) is 6.61 Å². The Bertz CT molecular complexity index is 488. The minimum atomic E-state index is -0.0105. The lowest BCUT2D eigenvalue weighted by Crippen LogP contribution is -1.87. The highest BCUT2D eigenvalue weighted by Gasteiger charge is 2.09. The number of aliphatic hydroxyl groups is 1. The summed E-state index contributed by atoms with van der Waals surface area (Å²) in [7, 11) is 0. The monoisotopic (exact) mass is 224 g/mol. The number of benzene rings is 1. The lowest BCUT2D eigenvalue weighted by atomic mass is 10.1. The van der Waals surface area contributed by atoms with Crippen molar-refractivity contribution in [3.8, 4) is 0 Å². The molecule has 0 aliphatic heterocycles. The number of carbonyl (C=O) groups is 1. The lowest BCUT2D eigenvalue weighted by Gasteiger charge is -2.01. The van der Waals surface area contributed by atoms with E-state index in [-0.39, 0.29) is 6.61 Å². The zero-order valence-corrected chi connectivity index (χ0v) is 8.94.